The van der Waals surface area contributed by atoms with Gasteiger partial charge in [-0.05, 0) is 44.7 Å². The highest BCUT2D eigenvalue weighted by Crippen LogP contribution is 2.57. The van der Waals surface area contributed by atoms with Gasteiger partial charge in [-0.3, -0.25) is 4.79 Å². The van der Waals surface area contributed by atoms with Gasteiger partial charge in [-0.25, -0.2) is 14.1 Å². The van der Waals surface area contributed by atoms with Gasteiger partial charge in [0.1, 0.15) is 5.82 Å². The Balaban J connectivity index is 1.75. The molecule has 1 amide bonds. The number of carbonyl (C=O) groups is 1. The van der Waals surface area contributed by atoms with Crippen LogP contribution in [-0.4, -0.2) is 37.9 Å². The monoisotopic (exact) mass is 330 g/mol. The minimum Gasteiger partial charge on any atom is -0.394 e. The van der Waals surface area contributed by atoms with Gasteiger partial charge in [0.15, 0.2) is 11.5 Å². The third-order valence-electron chi connectivity index (χ3n) is 4.75. The van der Waals surface area contributed by atoms with Gasteiger partial charge < -0.3 is 10.4 Å². The Labute approximate surface area is 138 Å². The zero-order valence-corrected chi connectivity index (χ0v) is 13.6. The van der Waals surface area contributed by atoms with Gasteiger partial charge in [0, 0.05) is 11.5 Å². The number of fused-ring (bicyclic) bond motifs is 3. The molecule has 2 aliphatic carbocycles. The molecule has 126 valence electrons. The van der Waals surface area contributed by atoms with E-state index in [4.69, 9.17) is 0 Å². The molecule has 2 aliphatic rings. The van der Waals surface area contributed by atoms with E-state index >= 15 is 0 Å². The van der Waals surface area contributed by atoms with Gasteiger partial charge >= 0.3 is 0 Å². The summed E-state index contributed by atoms with van der Waals surface area (Å²) in [6.07, 6.45) is 3.09. The average molecular weight is 330 g/mol. The lowest BCUT2D eigenvalue weighted by atomic mass is 10.1. The van der Waals surface area contributed by atoms with Crippen molar-refractivity contribution in [1.82, 2.24) is 20.1 Å². The molecule has 7 heteroatoms. The Morgan fingerprint density at radius 1 is 1.50 bits per heavy atom. The largest absolute Gasteiger partial charge is 0.394 e. The van der Waals surface area contributed by atoms with Crippen LogP contribution in [-0.2, 0) is 6.42 Å². The van der Waals surface area contributed by atoms with Crippen molar-refractivity contribution in [1.29, 1.82) is 0 Å². The first-order valence-corrected chi connectivity index (χ1v) is 8.07. The predicted octanol–water partition coefficient (Wildman–Crippen LogP) is 1.57. The topological polar surface area (TPSA) is 80.0 Å². The van der Waals surface area contributed by atoms with Crippen LogP contribution in [0, 0.1) is 11.7 Å². The Morgan fingerprint density at radius 3 is 2.96 bits per heavy atom. The van der Waals surface area contributed by atoms with Crippen molar-refractivity contribution in [2.45, 2.75) is 38.1 Å². The zero-order valence-electron chi connectivity index (χ0n) is 13.6. The maximum absolute atomic E-state index is 13.1. The molecule has 2 aromatic rings. The highest BCUT2D eigenvalue weighted by molar-refractivity contribution is 5.95. The molecule has 0 radical (unpaired) electrons. The van der Waals surface area contributed by atoms with Crippen molar-refractivity contribution in [3.63, 3.8) is 0 Å². The standard InChI is InChI=1S/C17H19FN4O2/c1-17(2,8-23)20-16(24)14-12-6-9-5-11(9)15(12)22(21-14)13-4-3-10(18)7-19-13/h3-4,7,9,11,23H,5-6,8H2,1-2H3,(H,20,24)/t9-,11-/m1/s1. The molecule has 6 nitrogen and oxygen atoms in total. The van der Waals surface area contributed by atoms with Crippen molar-refractivity contribution in [3.05, 3.63) is 41.1 Å². The van der Waals surface area contributed by atoms with E-state index in [2.05, 4.69) is 15.4 Å². The summed E-state index contributed by atoms with van der Waals surface area (Å²) in [5.74, 6) is 0.788. The number of carbonyl (C=O) groups excluding carboxylic acids is 1. The van der Waals surface area contributed by atoms with Gasteiger partial charge in [-0.15, -0.1) is 0 Å². The fourth-order valence-corrected chi connectivity index (χ4v) is 3.37. The molecule has 2 atom stereocenters. The van der Waals surface area contributed by atoms with Gasteiger partial charge in [-0.1, -0.05) is 0 Å². The van der Waals surface area contributed by atoms with Crippen LogP contribution in [0.4, 0.5) is 4.39 Å². The van der Waals surface area contributed by atoms with E-state index in [9.17, 15) is 14.3 Å². The second-order valence-corrected chi connectivity index (χ2v) is 7.26. The molecule has 2 aromatic heterocycles. The number of aliphatic hydroxyl groups excluding tert-OH is 1. The predicted molar refractivity (Wildman–Crippen MR) is 84.5 cm³/mol. The normalized spacial score (nSPS) is 21.3. The molecular formula is C17H19FN4O2. The van der Waals surface area contributed by atoms with Gasteiger partial charge in [0.05, 0.1) is 24.0 Å². The maximum atomic E-state index is 13.1. The molecule has 4 rings (SSSR count). The molecule has 2 N–H and O–H groups in total. The summed E-state index contributed by atoms with van der Waals surface area (Å²) >= 11 is 0. The summed E-state index contributed by atoms with van der Waals surface area (Å²) in [4.78, 5) is 16.7. The zero-order chi connectivity index (χ0) is 17.1. The number of aliphatic hydroxyl groups is 1. The van der Waals surface area contributed by atoms with Crippen molar-refractivity contribution >= 4 is 5.91 Å². The minimum absolute atomic E-state index is 0.160. The molecule has 24 heavy (non-hydrogen) atoms. The van der Waals surface area contributed by atoms with Crippen molar-refractivity contribution in [2.24, 2.45) is 5.92 Å². The number of halogens is 1. The first-order valence-electron chi connectivity index (χ1n) is 8.07. The first-order chi connectivity index (χ1) is 11.4. The van der Waals surface area contributed by atoms with E-state index in [0.29, 0.717) is 23.3 Å². The molecule has 0 aliphatic heterocycles. The summed E-state index contributed by atoms with van der Waals surface area (Å²) < 4.78 is 14.8. The number of aromatic nitrogens is 3. The summed E-state index contributed by atoms with van der Waals surface area (Å²) in [7, 11) is 0. The third kappa shape index (κ3) is 2.39. The number of pyridine rings is 1. The molecule has 0 bridgehead atoms. The van der Waals surface area contributed by atoms with Gasteiger partial charge in [0.2, 0.25) is 0 Å². The number of hydrogen-bond donors (Lipinski definition) is 2. The highest BCUT2D eigenvalue weighted by Gasteiger charge is 2.50. The van der Waals surface area contributed by atoms with E-state index in [1.807, 2.05) is 0 Å². The van der Waals surface area contributed by atoms with E-state index in [1.54, 1.807) is 24.6 Å². The Hall–Kier alpha value is -2.28. The maximum Gasteiger partial charge on any atom is 0.272 e. The van der Waals surface area contributed by atoms with Crippen LogP contribution in [0.25, 0.3) is 5.82 Å². The van der Waals surface area contributed by atoms with Crippen LogP contribution < -0.4 is 5.32 Å². The first kappa shape index (κ1) is 15.3. The fourth-order valence-electron chi connectivity index (χ4n) is 3.37. The van der Waals surface area contributed by atoms with E-state index in [1.165, 1.54) is 6.07 Å². The lowest BCUT2D eigenvalue weighted by Gasteiger charge is -2.23. The van der Waals surface area contributed by atoms with Crippen molar-refractivity contribution < 1.29 is 14.3 Å². The number of amides is 1. The van der Waals surface area contributed by atoms with Crippen molar-refractivity contribution in [3.8, 4) is 5.82 Å². The molecule has 0 spiro atoms. The second-order valence-electron chi connectivity index (χ2n) is 7.26. The number of hydrogen-bond acceptors (Lipinski definition) is 4. The van der Waals surface area contributed by atoms with E-state index < -0.39 is 11.4 Å². The van der Waals surface area contributed by atoms with E-state index in [-0.39, 0.29) is 12.5 Å². The van der Waals surface area contributed by atoms with Crippen LogP contribution >= 0.6 is 0 Å². The summed E-state index contributed by atoms with van der Waals surface area (Å²) in [6.45, 7) is 3.34. The quantitative estimate of drug-likeness (QED) is 0.892. The van der Waals surface area contributed by atoms with Crippen LogP contribution in [0.3, 0.4) is 0 Å². The van der Waals surface area contributed by atoms with Crippen LogP contribution in [0.5, 0.6) is 0 Å². The lowest BCUT2D eigenvalue weighted by molar-refractivity contribution is 0.0863. The SMILES string of the molecule is CC(C)(CO)NC(=O)c1nn(-c2ccc(F)cn2)c2c1C[C@H]1C[C@@H]21. The molecule has 1 saturated carbocycles. The van der Waals surface area contributed by atoms with Crippen LogP contribution in [0.15, 0.2) is 18.3 Å². The summed E-state index contributed by atoms with van der Waals surface area (Å²) in [5.41, 5.74) is 1.63. The molecule has 0 unspecified atom stereocenters. The highest BCUT2D eigenvalue weighted by atomic mass is 19.1. The van der Waals surface area contributed by atoms with Crippen LogP contribution in [0.1, 0.15) is 47.9 Å². The number of rotatable bonds is 4. The molecular weight excluding hydrogens is 311 g/mol. The Morgan fingerprint density at radius 2 is 2.29 bits per heavy atom. The molecule has 0 saturated heterocycles. The third-order valence-corrected chi connectivity index (χ3v) is 4.75. The summed E-state index contributed by atoms with van der Waals surface area (Å²) in [5, 5.41) is 16.6. The summed E-state index contributed by atoms with van der Waals surface area (Å²) in [6, 6.07) is 2.90. The Kier molecular flexibility index (Phi) is 3.25. The van der Waals surface area contributed by atoms with Gasteiger partial charge in [-0.2, -0.15) is 5.10 Å². The lowest BCUT2D eigenvalue weighted by Crippen LogP contribution is -2.46. The van der Waals surface area contributed by atoms with Gasteiger partial charge in [0.25, 0.3) is 5.91 Å². The second kappa shape index (κ2) is 5.11. The minimum atomic E-state index is -0.719. The molecule has 1 fully saturated rings. The molecule has 2 heterocycles. The number of nitrogens with one attached hydrogen (secondary N) is 1. The van der Waals surface area contributed by atoms with Crippen LogP contribution in [0.2, 0.25) is 0 Å². The van der Waals surface area contributed by atoms with Crippen molar-refractivity contribution in [2.75, 3.05) is 6.61 Å². The fraction of sp³-hybridized carbons (Fsp3) is 0.471. The Bertz CT molecular complexity index is 813. The average Bonchev–Trinajstić information content (AvgIpc) is 3.04. The number of nitrogens with zero attached hydrogens (tertiary/aromatic N) is 3. The smallest absolute Gasteiger partial charge is 0.272 e. The van der Waals surface area contributed by atoms with E-state index in [0.717, 1.165) is 30.3 Å². The molecule has 0 aromatic carbocycles.